The molecule has 3 nitrogen and oxygen atoms in total. The predicted octanol–water partition coefficient (Wildman–Crippen LogP) is 3.08. The van der Waals surface area contributed by atoms with Gasteiger partial charge in [0.1, 0.15) is 12.0 Å². The van der Waals surface area contributed by atoms with Gasteiger partial charge in [-0.15, -0.1) is 0 Å². The van der Waals surface area contributed by atoms with Crippen LogP contribution in [0.4, 0.5) is 5.69 Å². The highest BCUT2D eigenvalue weighted by molar-refractivity contribution is 5.44. The average Bonchev–Trinajstić information content (AvgIpc) is 2.74. The minimum Gasteiger partial charge on any atom is -0.395 e. The van der Waals surface area contributed by atoms with E-state index in [1.165, 1.54) is 23.0 Å². The van der Waals surface area contributed by atoms with Gasteiger partial charge < -0.3 is 10.3 Å². The molecule has 2 aromatic rings. The molecule has 0 saturated heterocycles. The summed E-state index contributed by atoms with van der Waals surface area (Å²) >= 11 is 0. The lowest BCUT2D eigenvalue weighted by Crippen LogP contribution is -2.22. The zero-order valence-electron chi connectivity index (χ0n) is 10.8. The third kappa shape index (κ3) is 1.80. The van der Waals surface area contributed by atoms with E-state index in [2.05, 4.69) is 37.2 Å². The van der Waals surface area contributed by atoms with Crippen molar-refractivity contribution in [3.63, 3.8) is 0 Å². The third-order valence-corrected chi connectivity index (χ3v) is 4.01. The van der Waals surface area contributed by atoms with E-state index in [9.17, 15) is 0 Å². The molecule has 2 N–H and O–H groups in total. The van der Waals surface area contributed by atoms with Crippen molar-refractivity contribution in [3.05, 3.63) is 46.8 Å². The molecule has 2 atom stereocenters. The number of hydrogen-bond acceptors (Lipinski definition) is 3. The SMILES string of the molecule is Cc1ccc2c(c1)CC(C)C(c1nocc1N)C2. The minimum atomic E-state index is 0.374. The Hall–Kier alpha value is -1.77. The van der Waals surface area contributed by atoms with Crippen LogP contribution in [0.1, 0.15) is 35.2 Å². The number of benzene rings is 1. The molecule has 0 amide bonds. The number of nitrogen functional groups attached to an aromatic ring is 1. The second-order valence-electron chi connectivity index (χ2n) is 5.42. The zero-order valence-corrected chi connectivity index (χ0v) is 10.8. The van der Waals surface area contributed by atoms with Gasteiger partial charge in [0.15, 0.2) is 0 Å². The maximum absolute atomic E-state index is 5.92. The van der Waals surface area contributed by atoms with E-state index < -0.39 is 0 Å². The molecular formula is C15H18N2O. The second kappa shape index (κ2) is 4.16. The summed E-state index contributed by atoms with van der Waals surface area (Å²) in [7, 11) is 0. The van der Waals surface area contributed by atoms with Gasteiger partial charge in [0.05, 0.1) is 5.69 Å². The van der Waals surface area contributed by atoms with Gasteiger partial charge in [-0.25, -0.2) is 0 Å². The number of hydrogen-bond donors (Lipinski definition) is 1. The van der Waals surface area contributed by atoms with Gasteiger partial charge in [-0.05, 0) is 36.8 Å². The summed E-state index contributed by atoms with van der Waals surface area (Å²) in [5.74, 6) is 0.922. The van der Waals surface area contributed by atoms with Crippen LogP contribution in [-0.2, 0) is 12.8 Å². The largest absolute Gasteiger partial charge is 0.395 e. The van der Waals surface area contributed by atoms with Crippen LogP contribution in [0, 0.1) is 12.8 Å². The van der Waals surface area contributed by atoms with Crippen LogP contribution in [-0.4, -0.2) is 5.16 Å². The first-order valence-electron chi connectivity index (χ1n) is 6.43. The molecule has 1 aromatic carbocycles. The van der Waals surface area contributed by atoms with Gasteiger partial charge in [0.25, 0.3) is 0 Å². The molecule has 0 aliphatic heterocycles. The first-order chi connectivity index (χ1) is 8.65. The molecule has 1 aliphatic carbocycles. The number of aromatic nitrogens is 1. The van der Waals surface area contributed by atoms with Gasteiger partial charge >= 0.3 is 0 Å². The molecule has 2 unspecified atom stereocenters. The Morgan fingerprint density at radius 1 is 1.28 bits per heavy atom. The Morgan fingerprint density at radius 3 is 2.83 bits per heavy atom. The third-order valence-electron chi connectivity index (χ3n) is 4.01. The van der Waals surface area contributed by atoms with Gasteiger partial charge in [-0.2, -0.15) is 0 Å². The number of anilines is 1. The highest BCUT2D eigenvalue weighted by atomic mass is 16.5. The standard InChI is InChI=1S/C15H18N2O/c1-9-3-4-11-7-13(10(2)6-12(11)5-9)15-14(16)8-18-17-15/h3-5,8,10,13H,6-7,16H2,1-2H3. The van der Waals surface area contributed by atoms with Crippen LogP contribution >= 0.6 is 0 Å². The van der Waals surface area contributed by atoms with E-state index in [1.54, 1.807) is 0 Å². The normalized spacial score (nSPS) is 22.8. The maximum atomic E-state index is 5.92. The quantitative estimate of drug-likeness (QED) is 0.836. The molecule has 0 spiro atoms. The molecule has 0 fully saturated rings. The van der Waals surface area contributed by atoms with E-state index in [4.69, 9.17) is 10.3 Å². The van der Waals surface area contributed by atoms with E-state index in [0.717, 1.165) is 18.5 Å². The van der Waals surface area contributed by atoms with Crippen molar-refractivity contribution in [1.29, 1.82) is 0 Å². The van der Waals surface area contributed by atoms with Gasteiger partial charge in [0, 0.05) is 5.92 Å². The lowest BCUT2D eigenvalue weighted by Gasteiger charge is -2.29. The molecule has 3 heteroatoms. The number of rotatable bonds is 1. The summed E-state index contributed by atoms with van der Waals surface area (Å²) in [6, 6.07) is 6.71. The molecular weight excluding hydrogens is 224 g/mol. The summed E-state index contributed by atoms with van der Waals surface area (Å²) < 4.78 is 4.98. The van der Waals surface area contributed by atoms with Crippen molar-refractivity contribution in [2.24, 2.45) is 5.92 Å². The Bertz CT molecular complexity index is 574. The second-order valence-corrected chi connectivity index (χ2v) is 5.42. The number of aryl methyl sites for hydroxylation is 1. The Labute approximate surface area is 107 Å². The fourth-order valence-corrected chi connectivity index (χ4v) is 2.97. The number of fused-ring (bicyclic) bond motifs is 1. The van der Waals surface area contributed by atoms with Crippen LogP contribution in [0.2, 0.25) is 0 Å². The molecule has 1 heterocycles. The Kier molecular flexibility index (Phi) is 2.62. The van der Waals surface area contributed by atoms with Crippen molar-refractivity contribution in [2.45, 2.75) is 32.6 Å². The van der Waals surface area contributed by atoms with Crippen LogP contribution in [0.15, 0.2) is 29.0 Å². The minimum absolute atomic E-state index is 0.374. The molecule has 1 aliphatic rings. The predicted molar refractivity (Wildman–Crippen MR) is 71.4 cm³/mol. The molecule has 94 valence electrons. The summed E-state index contributed by atoms with van der Waals surface area (Å²) in [5, 5.41) is 4.08. The van der Waals surface area contributed by atoms with Crippen LogP contribution in [0.3, 0.4) is 0 Å². The molecule has 18 heavy (non-hydrogen) atoms. The van der Waals surface area contributed by atoms with Crippen LogP contribution < -0.4 is 5.73 Å². The van der Waals surface area contributed by atoms with Crippen molar-refractivity contribution < 1.29 is 4.52 Å². The van der Waals surface area contributed by atoms with Crippen molar-refractivity contribution >= 4 is 5.69 Å². The monoisotopic (exact) mass is 242 g/mol. The molecule has 0 radical (unpaired) electrons. The van der Waals surface area contributed by atoms with Crippen molar-refractivity contribution in [1.82, 2.24) is 5.16 Å². The smallest absolute Gasteiger partial charge is 0.147 e. The highest BCUT2D eigenvalue weighted by Crippen LogP contribution is 2.38. The lowest BCUT2D eigenvalue weighted by molar-refractivity contribution is 0.369. The van der Waals surface area contributed by atoms with Crippen molar-refractivity contribution in [3.8, 4) is 0 Å². The molecule has 0 bridgehead atoms. The maximum Gasteiger partial charge on any atom is 0.147 e. The lowest BCUT2D eigenvalue weighted by atomic mass is 9.75. The Morgan fingerprint density at radius 2 is 2.11 bits per heavy atom. The fraction of sp³-hybridized carbons (Fsp3) is 0.400. The van der Waals surface area contributed by atoms with E-state index in [0.29, 0.717) is 17.5 Å². The first-order valence-corrected chi connectivity index (χ1v) is 6.43. The van der Waals surface area contributed by atoms with Crippen molar-refractivity contribution in [2.75, 3.05) is 5.73 Å². The van der Waals surface area contributed by atoms with E-state index >= 15 is 0 Å². The summed E-state index contributed by atoms with van der Waals surface area (Å²) in [5.41, 5.74) is 11.8. The van der Waals surface area contributed by atoms with Gasteiger partial charge in [-0.1, -0.05) is 35.8 Å². The van der Waals surface area contributed by atoms with Gasteiger partial charge in [0.2, 0.25) is 0 Å². The van der Waals surface area contributed by atoms with Crippen LogP contribution in [0.5, 0.6) is 0 Å². The molecule has 0 saturated carbocycles. The number of nitrogens with zero attached hydrogens (tertiary/aromatic N) is 1. The zero-order chi connectivity index (χ0) is 12.7. The fourth-order valence-electron chi connectivity index (χ4n) is 2.97. The summed E-state index contributed by atoms with van der Waals surface area (Å²) in [6.45, 7) is 4.41. The average molecular weight is 242 g/mol. The first kappa shape index (κ1) is 11.3. The highest BCUT2D eigenvalue weighted by Gasteiger charge is 2.30. The topological polar surface area (TPSA) is 52.0 Å². The molecule has 3 rings (SSSR count). The Balaban J connectivity index is 1.97. The van der Waals surface area contributed by atoms with E-state index in [-0.39, 0.29) is 0 Å². The number of nitrogens with two attached hydrogens (primary N) is 1. The van der Waals surface area contributed by atoms with Crippen LogP contribution in [0.25, 0.3) is 0 Å². The summed E-state index contributed by atoms with van der Waals surface area (Å²) in [4.78, 5) is 0. The van der Waals surface area contributed by atoms with E-state index in [1.807, 2.05) is 0 Å². The summed E-state index contributed by atoms with van der Waals surface area (Å²) in [6.07, 6.45) is 3.63. The molecule has 1 aromatic heterocycles. The van der Waals surface area contributed by atoms with Gasteiger partial charge in [-0.3, -0.25) is 0 Å².